The molecule has 2 aliphatic heterocycles. The van der Waals surface area contributed by atoms with Gasteiger partial charge in [-0.05, 0) is 92.0 Å². The molecule has 7 rings (SSSR count). The molecule has 0 N–H and O–H groups in total. The summed E-state index contributed by atoms with van der Waals surface area (Å²) in [6.07, 6.45) is 3.96. The van der Waals surface area contributed by atoms with Crippen LogP contribution in [0.1, 0.15) is 36.0 Å². The zero-order chi connectivity index (χ0) is 29.0. The first-order chi connectivity index (χ1) is 21.2. The van der Waals surface area contributed by atoms with Gasteiger partial charge in [0.05, 0.1) is 11.2 Å². The second kappa shape index (κ2) is 12.4. The quantitative estimate of drug-likeness (QED) is 0.170. The first-order valence-electron chi connectivity index (χ1n) is 15.4. The summed E-state index contributed by atoms with van der Waals surface area (Å²) in [5, 5.41) is 1.13. The third-order valence-corrected chi connectivity index (χ3v) is 8.57. The van der Waals surface area contributed by atoms with Gasteiger partial charge in [-0.15, -0.1) is 0 Å². The van der Waals surface area contributed by atoms with Crippen molar-refractivity contribution in [1.29, 1.82) is 0 Å². The van der Waals surface area contributed by atoms with Crippen LogP contribution in [0.5, 0.6) is 23.0 Å². The molecule has 5 aromatic rings. The van der Waals surface area contributed by atoms with Gasteiger partial charge in [0.25, 0.3) is 0 Å². The number of ether oxygens (including phenoxy) is 4. The van der Waals surface area contributed by atoms with Gasteiger partial charge in [0.2, 0.25) is 6.79 Å². The van der Waals surface area contributed by atoms with E-state index in [-0.39, 0.29) is 6.79 Å². The minimum atomic E-state index is 0.255. The van der Waals surface area contributed by atoms with Crippen LogP contribution in [0.2, 0.25) is 0 Å². The maximum atomic E-state index is 6.43. The molecule has 0 amide bonds. The zero-order valence-electron chi connectivity index (χ0n) is 24.8. The Bertz CT molecular complexity index is 1690. The van der Waals surface area contributed by atoms with Crippen LogP contribution in [0.4, 0.5) is 0 Å². The molecule has 0 atom stereocenters. The Morgan fingerprint density at radius 2 is 1.56 bits per heavy atom. The molecule has 0 aliphatic carbocycles. The van der Waals surface area contributed by atoms with E-state index in [4.69, 9.17) is 18.9 Å². The van der Waals surface area contributed by atoms with Crippen LogP contribution in [0.25, 0.3) is 22.2 Å². The highest BCUT2D eigenvalue weighted by molar-refractivity contribution is 5.96. The lowest BCUT2D eigenvalue weighted by atomic mass is 10.1. The molecule has 0 saturated carbocycles. The van der Waals surface area contributed by atoms with Gasteiger partial charge in [-0.1, -0.05) is 55.0 Å². The van der Waals surface area contributed by atoms with Crippen molar-refractivity contribution >= 4 is 10.9 Å². The largest absolute Gasteiger partial charge is 0.492 e. The number of benzene rings is 4. The summed E-state index contributed by atoms with van der Waals surface area (Å²) in [5.74, 6) is 3.37. The SMILES string of the molecule is Cc1c(-c2ccc3c(c2)OCO3)n(Cc2ccc(OCCN3CCCCC3)cc2)c2cccc(OCc3ccccc3)c12. The van der Waals surface area contributed by atoms with E-state index in [1.54, 1.807) is 0 Å². The van der Waals surface area contributed by atoms with Gasteiger partial charge in [0.15, 0.2) is 11.5 Å². The van der Waals surface area contributed by atoms with Gasteiger partial charge < -0.3 is 23.5 Å². The van der Waals surface area contributed by atoms with E-state index in [0.717, 1.165) is 63.9 Å². The summed E-state index contributed by atoms with van der Waals surface area (Å²) in [6, 6.07) is 31.4. The van der Waals surface area contributed by atoms with Crippen molar-refractivity contribution in [3.8, 4) is 34.3 Å². The second-order valence-corrected chi connectivity index (χ2v) is 11.4. The van der Waals surface area contributed by atoms with Crippen molar-refractivity contribution in [3.05, 3.63) is 108 Å². The van der Waals surface area contributed by atoms with E-state index in [1.807, 2.05) is 24.3 Å². The van der Waals surface area contributed by atoms with E-state index in [0.29, 0.717) is 13.2 Å². The molecule has 0 spiro atoms. The molecule has 6 nitrogen and oxygen atoms in total. The minimum Gasteiger partial charge on any atom is -0.492 e. The van der Waals surface area contributed by atoms with Crippen molar-refractivity contribution in [2.75, 3.05) is 33.0 Å². The molecular weight excluding hydrogens is 536 g/mol. The lowest BCUT2D eigenvalue weighted by Gasteiger charge is -2.26. The molecular formula is C37H38N2O4. The standard InChI is InChI=1S/C37H38N2O4/c1-27-36-32(11-8-12-34(36)41-25-29-9-4-2-5-10-29)39(37(27)30-15-18-33-35(23-30)43-26-42-33)24-28-13-16-31(17-14-28)40-22-21-38-19-6-3-7-20-38/h2,4-5,8-18,23H,3,6-7,19-22,24-26H2,1H3. The molecule has 0 radical (unpaired) electrons. The molecule has 6 heteroatoms. The topological polar surface area (TPSA) is 45.1 Å². The number of likely N-dealkylation sites (tertiary alicyclic amines) is 1. The normalized spacial score (nSPS) is 14.7. The fourth-order valence-electron chi connectivity index (χ4n) is 6.35. The van der Waals surface area contributed by atoms with Crippen LogP contribution in [0, 0.1) is 6.92 Å². The van der Waals surface area contributed by atoms with Gasteiger partial charge in [-0.3, -0.25) is 4.90 Å². The molecule has 2 aliphatic rings. The molecule has 1 aromatic heterocycles. The number of fused-ring (bicyclic) bond motifs is 2. The third-order valence-electron chi connectivity index (χ3n) is 8.57. The van der Waals surface area contributed by atoms with Gasteiger partial charge in [-0.25, -0.2) is 0 Å². The van der Waals surface area contributed by atoms with E-state index in [1.165, 1.54) is 43.5 Å². The van der Waals surface area contributed by atoms with Crippen LogP contribution in [0.15, 0.2) is 91.0 Å². The molecule has 220 valence electrons. The van der Waals surface area contributed by atoms with E-state index >= 15 is 0 Å². The number of piperidine rings is 1. The van der Waals surface area contributed by atoms with Crippen molar-refractivity contribution < 1.29 is 18.9 Å². The van der Waals surface area contributed by atoms with E-state index in [9.17, 15) is 0 Å². The smallest absolute Gasteiger partial charge is 0.231 e. The van der Waals surface area contributed by atoms with Gasteiger partial charge >= 0.3 is 0 Å². The average Bonchev–Trinajstić information content (AvgIpc) is 3.64. The van der Waals surface area contributed by atoms with Crippen LogP contribution < -0.4 is 18.9 Å². The number of rotatable bonds is 10. The maximum Gasteiger partial charge on any atom is 0.231 e. The number of aromatic nitrogens is 1. The summed E-state index contributed by atoms with van der Waals surface area (Å²) >= 11 is 0. The molecule has 0 bridgehead atoms. The van der Waals surface area contributed by atoms with E-state index in [2.05, 4.69) is 83.1 Å². The second-order valence-electron chi connectivity index (χ2n) is 11.4. The number of hydrogen-bond donors (Lipinski definition) is 0. The zero-order valence-corrected chi connectivity index (χ0v) is 24.8. The summed E-state index contributed by atoms with van der Waals surface area (Å²) in [5.41, 5.74) is 6.90. The monoisotopic (exact) mass is 574 g/mol. The van der Waals surface area contributed by atoms with Crippen molar-refractivity contribution in [2.45, 2.75) is 39.3 Å². The van der Waals surface area contributed by atoms with Gasteiger partial charge in [0, 0.05) is 24.0 Å². The fraction of sp³-hybridized carbons (Fsp3) is 0.297. The lowest BCUT2D eigenvalue weighted by molar-refractivity contribution is 0.174. The van der Waals surface area contributed by atoms with Crippen LogP contribution in [-0.4, -0.2) is 42.5 Å². The third kappa shape index (κ3) is 5.93. The average molecular weight is 575 g/mol. The van der Waals surface area contributed by atoms with Crippen LogP contribution >= 0.6 is 0 Å². The Labute approximate surface area is 253 Å². The van der Waals surface area contributed by atoms with Crippen LogP contribution in [-0.2, 0) is 13.2 Å². The van der Waals surface area contributed by atoms with Crippen molar-refractivity contribution in [1.82, 2.24) is 9.47 Å². The summed E-state index contributed by atoms with van der Waals surface area (Å²) in [4.78, 5) is 2.51. The Hall–Kier alpha value is -4.42. The predicted octanol–water partition coefficient (Wildman–Crippen LogP) is 7.84. The van der Waals surface area contributed by atoms with E-state index < -0.39 is 0 Å². The highest BCUT2D eigenvalue weighted by Gasteiger charge is 2.22. The van der Waals surface area contributed by atoms with Crippen molar-refractivity contribution in [2.24, 2.45) is 0 Å². The predicted molar refractivity (Wildman–Crippen MR) is 170 cm³/mol. The molecule has 1 saturated heterocycles. The summed E-state index contributed by atoms with van der Waals surface area (Å²) in [6.45, 7) is 7.77. The Morgan fingerprint density at radius 3 is 2.40 bits per heavy atom. The molecule has 0 unspecified atom stereocenters. The summed E-state index contributed by atoms with van der Waals surface area (Å²) in [7, 11) is 0. The highest BCUT2D eigenvalue weighted by atomic mass is 16.7. The lowest BCUT2D eigenvalue weighted by Crippen LogP contribution is -2.33. The molecule has 1 fully saturated rings. The Balaban J connectivity index is 1.19. The molecule has 4 aromatic carbocycles. The maximum absolute atomic E-state index is 6.43. The number of hydrogen-bond acceptors (Lipinski definition) is 5. The van der Waals surface area contributed by atoms with Gasteiger partial charge in [-0.2, -0.15) is 0 Å². The molecule has 43 heavy (non-hydrogen) atoms. The first-order valence-corrected chi connectivity index (χ1v) is 15.4. The molecule has 3 heterocycles. The fourth-order valence-corrected chi connectivity index (χ4v) is 6.35. The van der Waals surface area contributed by atoms with Gasteiger partial charge in [0.1, 0.15) is 24.7 Å². The number of nitrogens with zero attached hydrogens (tertiary/aromatic N) is 2. The minimum absolute atomic E-state index is 0.255. The van der Waals surface area contributed by atoms with Crippen molar-refractivity contribution in [3.63, 3.8) is 0 Å². The Morgan fingerprint density at radius 1 is 0.744 bits per heavy atom. The highest BCUT2D eigenvalue weighted by Crippen LogP contribution is 2.42. The number of aryl methyl sites for hydroxylation is 1. The Kier molecular flexibility index (Phi) is 7.93. The summed E-state index contributed by atoms with van der Waals surface area (Å²) < 4.78 is 26.3. The van der Waals surface area contributed by atoms with Crippen LogP contribution in [0.3, 0.4) is 0 Å². The first kappa shape index (κ1) is 27.4.